The molecule has 0 bridgehead atoms. The van der Waals surface area contributed by atoms with E-state index in [4.69, 9.17) is 14.2 Å². The molecule has 0 atom stereocenters. The first-order chi connectivity index (χ1) is 31.0. The molecule has 0 rings (SSSR count). The van der Waals surface area contributed by atoms with Crippen LogP contribution in [-0.2, 0) is 28.6 Å². The van der Waals surface area contributed by atoms with Crippen LogP contribution in [0.25, 0.3) is 0 Å². The summed E-state index contributed by atoms with van der Waals surface area (Å²) < 4.78 is 16.9. The number of carbonyl (C=O) groups excluding carboxylic acids is 3. The average molecular weight is 952 g/mol. The van der Waals surface area contributed by atoms with Crippen molar-refractivity contribution in [1.82, 2.24) is 0 Å². The van der Waals surface area contributed by atoms with Crippen molar-refractivity contribution in [1.29, 1.82) is 0 Å². The van der Waals surface area contributed by atoms with Crippen molar-refractivity contribution < 1.29 is 28.6 Å². The Labute approximate surface area is 427 Å². The van der Waals surface area contributed by atoms with Crippen LogP contribution in [0.2, 0.25) is 0 Å². The van der Waals surface area contributed by atoms with Gasteiger partial charge in [-0.1, -0.05) is 290 Å². The fraction of sp³-hybridized carbons (Fsp3) is 0.947. The molecular formula is C57H116Al2O6. The molecule has 0 saturated carbocycles. The third-order valence-corrected chi connectivity index (χ3v) is 13.1. The summed E-state index contributed by atoms with van der Waals surface area (Å²) in [5.41, 5.74) is 0. The Bertz CT molecular complexity index is 898. The lowest BCUT2D eigenvalue weighted by Crippen LogP contribution is -2.30. The zero-order valence-corrected chi connectivity index (χ0v) is 42.9. The van der Waals surface area contributed by atoms with Crippen LogP contribution in [0.1, 0.15) is 329 Å². The van der Waals surface area contributed by atoms with Gasteiger partial charge in [-0.15, -0.1) is 0 Å². The molecule has 0 radical (unpaired) electrons. The fourth-order valence-electron chi connectivity index (χ4n) is 8.80. The van der Waals surface area contributed by atoms with Crippen LogP contribution in [0.5, 0.6) is 0 Å². The van der Waals surface area contributed by atoms with Crippen molar-refractivity contribution >= 4 is 52.6 Å². The first kappa shape index (κ1) is 68.7. The Morgan fingerprint density at radius 2 is 0.431 bits per heavy atom. The van der Waals surface area contributed by atoms with Crippen molar-refractivity contribution in [2.24, 2.45) is 0 Å². The standard InChI is InChI=1S/C57H110O6.2Al.6H/c1-4-7-10-13-16-19-22-25-28-31-34-37-40-43-46-49-55(58)61-52-54(63-57(60)51-48-45-42-39-36-33-30-27-24-21-18-15-12-9-6-3)53-62-56(59)50-47-44-41-38-35-32-29-26-23-20-17-14-11-8-5-2;;;;;;;;/h54H,4-53H2,1-3H3;;;;;;;;. The summed E-state index contributed by atoms with van der Waals surface area (Å²) in [4.78, 5) is 38.1. The second-order valence-electron chi connectivity index (χ2n) is 19.6. The van der Waals surface area contributed by atoms with Crippen LogP contribution in [-0.4, -0.2) is 71.9 Å². The number of rotatable bonds is 53. The van der Waals surface area contributed by atoms with Gasteiger partial charge >= 0.3 is 17.9 Å². The van der Waals surface area contributed by atoms with Crippen LogP contribution < -0.4 is 0 Å². The average Bonchev–Trinajstić information content (AvgIpc) is 3.28. The van der Waals surface area contributed by atoms with E-state index >= 15 is 0 Å². The maximum Gasteiger partial charge on any atom is 0.306 e. The van der Waals surface area contributed by atoms with E-state index in [1.54, 1.807) is 0 Å². The maximum absolute atomic E-state index is 12.8. The van der Waals surface area contributed by atoms with Gasteiger partial charge in [0.05, 0.1) is 0 Å². The number of hydrogen-bond donors (Lipinski definition) is 0. The van der Waals surface area contributed by atoms with Gasteiger partial charge in [0.2, 0.25) is 0 Å². The summed E-state index contributed by atoms with van der Waals surface area (Å²) in [6, 6.07) is 0. The van der Waals surface area contributed by atoms with E-state index in [0.717, 1.165) is 57.8 Å². The molecule has 0 N–H and O–H groups in total. The van der Waals surface area contributed by atoms with E-state index in [9.17, 15) is 14.4 Å². The van der Waals surface area contributed by atoms with Gasteiger partial charge in [-0.3, -0.25) is 14.4 Å². The number of esters is 3. The largest absolute Gasteiger partial charge is 0.462 e. The van der Waals surface area contributed by atoms with E-state index in [0.29, 0.717) is 19.3 Å². The number of ether oxygens (including phenoxy) is 3. The van der Waals surface area contributed by atoms with E-state index in [2.05, 4.69) is 20.8 Å². The molecule has 0 amide bonds. The molecule has 0 aromatic rings. The molecule has 0 unspecified atom stereocenters. The minimum atomic E-state index is -0.760. The number of carbonyl (C=O) groups is 3. The van der Waals surface area contributed by atoms with Crippen LogP contribution in [0.3, 0.4) is 0 Å². The Morgan fingerprint density at radius 3 is 0.631 bits per heavy atom. The molecule has 6 nitrogen and oxygen atoms in total. The second-order valence-corrected chi connectivity index (χ2v) is 19.6. The van der Waals surface area contributed by atoms with E-state index in [1.807, 2.05) is 0 Å². The summed E-state index contributed by atoms with van der Waals surface area (Å²) in [5, 5.41) is 0. The van der Waals surface area contributed by atoms with Gasteiger partial charge in [-0.25, -0.2) is 0 Å². The van der Waals surface area contributed by atoms with E-state index in [-0.39, 0.29) is 65.8 Å². The minimum Gasteiger partial charge on any atom is -0.462 e. The summed E-state index contributed by atoms with van der Waals surface area (Å²) in [6.45, 7) is 6.71. The summed E-state index contributed by atoms with van der Waals surface area (Å²) in [7, 11) is 0. The van der Waals surface area contributed by atoms with Crippen LogP contribution in [0, 0.1) is 0 Å². The first-order valence-corrected chi connectivity index (χ1v) is 28.5. The first-order valence-electron chi connectivity index (χ1n) is 28.5. The molecule has 0 fully saturated rings. The lowest BCUT2D eigenvalue weighted by molar-refractivity contribution is -0.167. The molecule has 0 aliphatic rings. The Kier molecular flexibility index (Phi) is 63.0. The van der Waals surface area contributed by atoms with Crippen LogP contribution in [0.4, 0.5) is 0 Å². The fourth-order valence-corrected chi connectivity index (χ4v) is 8.80. The van der Waals surface area contributed by atoms with Gasteiger partial charge in [-0.05, 0) is 19.3 Å². The predicted molar refractivity (Wildman–Crippen MR) is 290 cm³/mol. The minimum absolute atomic E-state index is 0. The van der Waals surface area contributed by atoms with Crippen molar-refractivity contribution in [3.8, 4) is 0 Å². The molecule has 8 heteroatoms. The van der Waals surface area contributed by atoms with Crippen molar-refractivity contribution in [2.45, 2.75) is 335 Å². The number of hydrogen-bond acceptors (Lipinski definition) is 6. The van der Waals surface area contributed by atoms with Gasteiger partial charge in [0.25, 0.3) is 0 Å². The second kappa shape index (κ2) is 59.6. The Morgan fingerprint density at radius 1 is 0.262 bits per heavy atom. The molecular weight excluding hydrogens is 835 g/mol. The molecule has 65 heavy (non-hydrogen) atoms. The molecule has 0 heterocycles. The highest BCUT2D eigenvalue weighted by molar-refractivity contribution is 5.76. The molecule has 0 aromatic carbocycles. The molecule has 0 aliphatic heterocycles. The van der Waals surface area contributed by atoms with E-state index in [1.165, 1.54) is 231 Å². The van der Waals surface area contributed by atoms with Crippen molar-refractivity contribution in [3.63, 3.8) is 0 Å². The monoisotopic (exact) mass is 951 g/mol. The quantitative estimate of drug-likeness (QED) is 0.0262. The highest BCUT2D eigenvalue weighted by atomic mass is 27.0. The molecule has 0 aromatic heterocycles. The van der Waals surface area contributed by atoms with Gasteiger partial charge in [0.1, 0.15) is 13.2 Å². The Balaban J connectivity index is -0.0000192. The maximum atomic E-state index is 12.8. The molecule has 0 spiro atoms. The van der Waals surface area contributed by atoms with Gasteiger partial charge < -0.3 is 14.2 Å². The predicted octanol–water partition coefficient (Wildman–Crippen LogP) is 16.4. The SMILES string of the molecule is CCCCCCCCCCCCCCCCCC(=O)OCC(COC(=O)CCCCCCCCCCCCCCCCC)OC(=O)CCCCCCCCCCCCCCCCC.[AlH3].[AlH3]. The van der Waals surface area contributed by atoms with Gasteiger partial charge in [0.15, 0.2) is 40.8 Å². The van der Waals surface area contributed by atoms with Gasteiger partial charge in [0, 0.05) is 19.3 Å². The topological polar surface area (TPSA) is 78.9 Å². The third-order valence-electron chi connectivity index (χ3n) is 13.1. The van der Waals surface area contributed by atoms with Crippen molar-refractivity contribution in [2.75, 3.05) is 13.2 Å². The lowest BCUT2D eigenvalue weighted by atomic mass is 10.0. The zero-order valence-electron chi connectivity index (χ0n) is 42.9. The Hall–Kier alpha value is -0.525. The van der Waals surface area contributed by atoms with Gasteiger partial charge in [-0.2, -0.15) is 0 Å². The highest BCUT2D eigenvalue weighted by Gasteiger charge is 2.19. The normalized spacial score (nSPS) is 11.1. The zero-order chi connectivity index (χ0) is 45.8. The summed E-state index contributed by atoms with van der Waals surface area (Å²) >= 11 is 0. The highest BCUT2D eigenvalue weighted by Crippen LogP contribution is 2.17. The van der Waals surface area contributed by atoms with E-state index < -0.39 is 6.10 Å². The summed E-state index contributed by atoms with van der Waals surface area (Å²) in [5.74, 6) is -0.832. The van der Waals surface area contributed by atoms with Crippen molar-refractivity contribution in [3.05, 3.63) is 0 Å². The molecule has 0 saturated heterocycles. The van der Waals surface area contributed by atoms with Crippen LogP contribution in [0.15, 0.2) is 0 Å². The molecule has 0 aliphatic carbocycles. The smallest absolute Gasteiger partial charge is 0.306 e. The summed E-state index contributed by atoms with van der Waals surface area (Å²) in [6.07, 6.45) is 58.0. The third kappa shape index (κ3) is 57.7. The molecule has 386 valence electrons. The van der Waals surface area contributed by atoms with Crippen LogP contribution >= 0.6 is 0 Å². The number of unbranched alkanes of at least 4 members (excludes halogenated alkanes) is 42. The lowest BCUT2D eigenvalue weighted by Gasteiger charge is -2.18.